The molecule has 0 heterocycles. The van der Waals surface area contributed by atoms with Crippen LogP contribution in [0.15, 0.2) is 0 Å². The SMILES string of the molecule is CCO[Si]CC(F)C(F)F. The van der Waals surface area contributed by atoms with Crippen LogP contribution in [0.5, 0.6) is 0 Å². The summed E-state index contributed by atoms with van der Waals surface area (Å²) in [6, 6.07) is -0.189. The molecule has 0 amide bonds. The quantitative estimate of drug-likeness (QED) is 0.450. The number of hydrogen-bond acceptors (Lipinski definition) is 1. The second-order valence-corrected chi connectivity index (χ2v) is 2.62. The summed E-state index contributed by atoms with van der Waals surface area (Å²) < 4.78 is 39.6. The minimum Gasteiger partial charge on any atom is -0.418 e. The lowest BCUT2D eigenvalue weighted by Gasteiger charge is -2.03. The van der Waals surface area contributed by atoms with Gasteiger partial charge in [0.05, 0.1) is 0 Å². The van der Waals surface area contributed by atoms with Crippen LogP contribution in [-0.2, 0) is 4.43 Å². The van der Waals surface area contributed by atoms with Crippen molar-refractivity contribution in [1.29, 1.82) is 0 Å². The summed E-state index contributed by atoms with van der Waals surface area (Å²) in [5.41, 5.74) is 0. The van der Waals surface area contributed by atoms with E-state index in [-0.39, 0.29) is 15.8 Å². The highest BCUT2D eigenvalue weighted by molar-refractivity contribution is 6.27. The molecule has 2 radical (unpaired) electrons. The fourth-order valence-electron chi connectivity index (χ4n) is 0.330. The van der Waals surface area contributed by atoms with Gasteiger partial charge in [-0.2, -0.15) is 0 Å². The van der Waals surface area contributed by atoms with Gasteiger partial charge in [-0.1, -0.05) is 0 Å². The predicted molar refractivity (Wildman–Crippen MR) is 33.1 cm³/mol. The second kappa shape index (κ2) is 5.73. The summed E-state index contributed by atoms with van der Waals surface area (Å²) in [5.74, 6) is 0. The van der Waals surface area contributed by atoms with Gasteiger partial charge in [0.1, 0.15) is 0 Å². The zero-order chi connectivity index (χ0) is 7.98. The molecule has 60 valence electrons. The summed E-state index contributed by atoms with van der Waals surface area (Å²) in [4.78, 5) is 0. The van der Waals surface area contributed by atoms with Crippen molar-refractivity contribution in [3.63, 3.8) is 0 Å². The van der Waals surface area contributed by atoms with Crippen molar-refractivity contribution in [1.82, 2.24) is 0 Å². The van der Waals surface area contributed by atoms with Gasteiger partial charge >= 0.3 is 0 Å². The fraction of sp³-hybridized carbons (Fsp3) is 1.00. The van der Waals surface area contributed by atoms with Crippen molar-refractivity contribution in [3.05, 3.63) is 0 Å². The Balaban J connectivity index is 3.13. The molecule has 0 aromatic heterocycles. The van der Waals surface area contributed by atoms with Crippen molar-refractivity contribution >= 4 is 9.76 Å². The van der Waals surface area contributed by atoms with E-state index in [4.69, 9.17) is 4.43 Å². The lowest BCUT2D eigenvalue weighted by Crippen LogP contribution is -2.15. The van der Waals surface area contributed by atoms with Gasteiger partial charge in [0.2, 0.25) is 9.76 Å². The minimum atomic E-state index is -2.87. The first-order valence-electron chi connectivity index (χ1n) is 2.95. The molecule has 1 nitrogen and oxygen atoms in total. The molecular formula is C5H9F3OSi. The van der Waals surface area contributed by atoms with Gasteiger partial charge in [-0.15, -0.1) is 0 Å². The third-order valence-corrected chi connectivity index (χ3v) is 1.85. The highest BCUT2D eigenvalue weighted by Crippen LogP contribution is 2.09. The van der Waals surface area contributed by atoms with Crippen LogP contribution in [-0.4, -0.2) is 29.0 Å². The van der Waals surface area contributed by atoms with Gasteiger partial charge in [-0.3, -0.25) is 0 Å². The molecule has 5 heteroatoms. The molecule has 0 N–H and O–H groups in total. The summed E-state index contributed by atoms with van der Waals surface area (Å²) in [7, 11) is -0.150. The maximum Gasteiger partial charge on any atom is 0.269 e. The van der Waals surface area contributed by atoms with Crippen LogP contribution >= 0.6 is 0 Å². The van der Waals surface area contributed by atoms with Gasteiger partial charge < -0.3 is 4.43 Å². The summed E-state index contributed by atoms with van der Waals surface area (Å²) in [5, 5.41) is 0. The molecule has 0 spiro atoms. The highest BCUT2D eigenvalue weighted by Gasteiger charge is 2.18. The van der Waals surface area contributed by atoms with E-state index in [1.807, 2.05) is 0 Å². The summed E-state index contributed by atoms with van der Waals surface area (Å²) in [6.45, 7) is 2.19. The van der Waals surface area contributed by atoms with Crippen LogP contribution < -0.4 is 0 Å². The first-order chi connectivity index (χ1) is 4.68. The molecule has 0 rings (SSSR count). The molecule has 1 atom stereocenters. The van der Waals surface area contributed by atoms with E-state index < -0.39 is 12.6 Å². The van der Waals surface area contributed by atoms with Crippen LogP contribution in [0.1, 0.15) is 6.92 Å². The number of hydrogen-bond donors (Lipinski definition) is 0. The topological polar surface area (TPSA) is 9.23 Å². The molecule has 0 saturated heterocycles. The molecule has 0 aliphatic carbocycles. The van der Waals surface area contributed by atoms with Crippen LogP contribution in [0.2, 0.25) is 6.04 Å². The Hall–Kier alpha value is -0.0331. The molecule has 0 bridgehead atoms. The lowest BCUT2D eigenvalue weighted by atomic mass is 10.5. The Bertz CT molecular complexity index is 81.3. The Kier molecular flexibility index (Phi) is 5.71. The zero-order valence-electron chi connectivity index (χ0n) is 5.61. The fourth-order valence-corrected chi connectivity index (χ4v) is 0.989. The van der Waals surface area contributed by atoms with Crippen molar-refractivity contribution < 1.29 is 17.6 Å². The van der Waals surface area contributed by atoms with Crippen LogP contribution in [0, 0.1) is 0 Å². The Morgan fingerprint density at radius 3 is 2.40 bits per heavy atom. The van der Waals surface area contributed by atoms with E-state index in [0.717, 1.165) is 0 Å². The molecular weight excluding hydrogens is 161 g/mol. The largest absolute Gasteiger partial charge is 0.418 e. The molecule has 0 fully saturated rings. The van der Waals surface area contributed by atoms with E-state index in [9.17, 15) is 13.2 Å². The predicted octanol–water partition coefficient (Wildman–Crippen LogP) is 1.66. The maximum atomic E-state index is 12.0. The standard InChI is InChI=1S/C5H9F3OSi/c1-2-9-10-3-4(6)5(7)8/h4-5H,2-3H2,1H3. The molecule has 10 heavy (non-hydrogen) atoms. The Labute approximate surface area is 60.5 Å². The van der Waals surface area contributed by atoms with Gasteiger partial charge in [0.25, 0.3) is 6.43 Å². The third kappa shape index (κ3) is 4.81. The first kappa shape index (κ1) is 9.97. The number of rotatable bonds is 5. The average molecular weight is 170 g/mol. The van der Waals surface area contributed by atoms with Gasteiger partial charge in [-0.05, 0) is 6.92 Å². The summed E-state index contributed by atoms with van der Waals surface area (Å²) in [6.07, 6.45) is -4.89. The van der Waals surface area contributed by atoms with Gasteiger partial charge in [0, 0.05) is 12.7 Å². The smallest absolute Gasteiger partial charge is 0.269 e. The first-order valence-corrected chi connectivity index (χ1v) is 4.07. The normalized spacial score (nSPS) is 14.1. The molecule has 0 aliphatic rings. The van der Waals surface area contributed by atoms with Crippen molar-refractivity contribution in [2.24, 2.45) is 0 Å². The van der Waals surface area contributed by atoms with E-state index >= 15 is 0 Å². The average Bonchev–Trinajstić information content (AvgIpc) is 1.88. The zero-order valence-corrected chi connectivity index (χ0v) is 6.61. The minimum absolute atomic E-state index is 0.150. The van der Waals surface area contributed by atoms with E-state index in [1.165, 1.54) is 0 Å². The van der Waals surface area contributed by atoms with Crippen LogP contribution in [0.3, 0.4) is 0 Å². The number of alkyl halides is 3. The molecule has 0 aromatic rings. The van der Waals surface area contributed by atoms with E-state index in [2.05, 4.69) is 0 Å². The van der Waals surface area contributed by atoms with Crippen molar-refractivity contribution in [2.75, 3.05) is 6.61 Å². The molecule has 0 saturated carbocycles. The lowest BCUT2D eigenvalue weighted by molar-refractivity contribution is 0.0588. The summed E-state index contributed by atoms with van der Waals surface area (Å²) >= 11 is 0. The molecule has 0 aliphatic heterocycles. The monoisotopic (exact) mass is 170 g/mol. The Morgan fingerprint density at radius 2 is 2.00 bits per heavy atom. The van der Waals surface area contributed by atoms with Gasteiger partial charge in [-0.25, -0.2) is 13.2 Å². The Morgan fingerprint density at radius 1 is 1.40 bits per heavy atom. The van der Waals surface area contributed by atoms with E-state index in [0.29, 0.717) is 6.61 Å². The van der Waals surface area contributed by atoms with E-state index in [1.54, 1.807) is 6.92 Å². The molecule has 1 unspecified atom stereocenters. The van der Waals surface area contributed by atoms with Crippen LogP contribution in [0.4, 0.5) is 13.2 Å². The van der Waals surface area contributed by atoms with Gasteiger partial charge in [0.15, 0.2) is 6.17 Å². The van der Waals surface area contributed by atoms with Crippen LogP contribution in [0.25, 0.3) is 0 Å². The second-order valence-electron chi connectivity index (χ2n) is 1.63. The van der Waals surface area contributed by atoms with Crippen molar-refractivity contribution in [2.45, 2.75) is 25.6 Å². The third-order valence-electron chi connectivity index (χ3n) is 0.798. The molecule has 0 aromatic carbocycles. The highest BCUT2D eigenvalue weighted by atomic mass is 28.2. The van der Waals surface area contributed by atoms with Crippen molar-refractivity contribution in [3.8, 4) is 0 Å². The number of halogens is 3. The maximum absolute atomic E-state index is 12.0.